The maximum Gasteiger partial charge on any atom is 0.259 e. The second-order valence-electron chi connectivity index (χ2n) is 6.62. The van der Waals surface area contributed by atoms with E-state index in [0.717, 1.165) is 29.4 Å². The number of rotatable bonds is 1. The van der Waals surface area contributed by atoms with E-state index in [0.29, 0.717) is 17.3 Å². The number of H-pyrrole nitrogens is 1. The molecule has 4 nitrogen and oxygen atoms in total. The Hall–Kier alpha value is -1.62. The first-order valence-electron chi connectivity index (χ1n) is 8.27. The summed E-state index contributed by atoms with van der Waals surface area (Å²) in [6.07, 6.45) is 7.41. The van der Waals surface area contributed by atoms with Crippen molar-refractivity contribution in [1.29, 1.82) is 0 Å². The van der Waals surface area contributed by atoms with Gasteiger partial charge < -0.3 is 9.88 Å². The largest absolute Gasteiger partial charge is 0.360 e. The highest BCUT2D eigenvalue weighted by molar-refractivity contribution is 9.10. The molecule has 0 bridgehead atoms. The van der Waals surface area contributed by atoms with Crippen molar-refractivity contribution in [2.45, 2.75) is 38.1 Å². The molecule has 1 saturated heterocycles. The quantitative estimate of drug-likeness (QED) is 0.827. The second kappa shape index (κ2) is 5.78. The summed E-state index contributed by atoms with van der Waals surface area (Å²) in [5.74, 6) is 0.518. The monoisotopic (exact) mass is 374 g/mol. The fourth-order valence-electron chi connectivity index (χ4n) is 4.16. The first-order chi connectivity index (χ1) is 11.1. The molecular formula is C18H19BrN2O2. The third-order valence-electron chi connectivity index (χ3n) is 5.34. The summed E-state index contributed by atoms with van der Waals surface area (Å²) in [6, 6.07) is 5.83. The van der Waals surface area contributed by atoms with Crippen LogP contribution in [0.25, 0.3) is 10.9 Å². The molecule has 2 atom stereocenters. The SMILES string of the molecule is O=C(c1c[nH]c2ccc(Br)cc2c1=O)N1CC[C@@H]2CCCC[C@@H]21. The molecular weight excluding hydrogens is 356 g/mol. The molecule has 1 aromatic heterocycles. The van der Waals surface area contributed by atoms with Crippen LogP contribution in [0.15, 0.2) is 33.7 Å². The zero-order valence-electron chi connectivity index (χ0n) is 12.8. The Morgan fingerprint density at radius 1 is 1.22 bits per heavy atom. The summed E-state index contributed by atoms with van der Waals surface area (Å²) in [6.45, 7) is 0.782. The molecule has 4 rings (SSSR count). The Bertz CT molecular complexity index is 829. The Labute approximate surface area is 143 Å². The fraction of sp³-hybridized carbons (Fsp3) is 0.444. The topological polar surface area (TPSA) is 53.2 Å². The molecule has 120 valence electrons. The predicted octanol–water partition coefficient (Wildman–Crippen LogP) is 3.70. The number of hydrogen-bond acceptors (Lipinski definition) is 2. The van der Waals surface area contributed by atoms with Gasteiger partial charge in [0.05, 0.1) is 0 Å². The van der Waals surface area contributed by atoms with Crippen LogP contribution in [-0.2, 0) is 0 Å². The van der Waals surface area contributed by atoms with Gasteiger partial charge in [0.1, 0.15) is 5.56 Å². The van der Waals surface area contributed by atoms with Crippen LogP contribution in [0.3, 0.4) is 0 Å². The number of carbonyl (C=O) groups excluding carboxylic acids is 1. The molecule has 5 heteroatoms. The highest BCUT2D eigenvalue weighted by atomic mass is 79.9. The van der Waals surface area contributed by atoms with Crippen molar-refractivity contribution < 1.29 is 4.79 Å². The first-order valence-corrected chi connectivity index (χ1v) is 9.06. The zero-order chi connectivity index (χ0) is 16.0. The van der Waals surface area contributed by atoms with Gasteiger partial charge >= 0.3 is 0 Å². The molecule has 2 aromatic rings. The normalized spacial score (nSPS) is 24.0. The lowest BCUT2D eigenvalue weighted by molar-refractivity contribution is 0.0688. The molecule has 1 aliphatic carbocycles. The van der Waals surface area contributed by atoms with Crippen LogP contribution in [-0.4, -0.2) is 28.4 Å². The summed E-state index contributed by atoms with van der Waals surface area (Å²) >= 11 is 3.39. The van der Waals surface area contributed by atoms with E-state index >= 15 is 0 Å². The van der Waals surface area contributed by atoms with Gasteiger partial charge in [-0.3, -0.25) is 9.59 Å². The molecule has 1 amide bonds. The van der Waals surface area contributed by atoms with Crippen LogP contribution in [0, 0.1) is 5.92 Å². The molecule has 0 spiro atoms. The van der Waals surface area contributed by atoms with Crippen molar-refractivity contribution in [3.05, 3.63) is 44.7 Å². The van der Waals surface area contributed by atoms with Crippen LogP contribution in [0.2, 0.25) is 0 Å². The third-order valence-corrected chi connectivity index (χ3v) is 5.84. The number of aromatic amines is 1. The maximum atomic E-state index is 12.9. The Morgan fingerprint density at radius 2 is 2.04 bits per heavy atom. The van der Waals surface area contributed by atoms with Gasteiger partial charge in [-0.25, -0.2) is 0 Å². The Kier molecular flexibility index (Phi) is 3.76. The minimum Gasteiger partial charge on any atom is -0.360 e. The molecule has 23 heavy (non-hydrogen) atoms. The molecule has 1 aliphatic heterocycles. The van der Waals surface area contributed by atoms with E-state index < -0.39 is 0 Å². The van der Waals surface area contributed by atoms with Gasteiger partial charge in [0.15, 0.2) is 0 Å². The number of amides is 1. The molecule has 1 N–H and O–H groups in total. The summed E-state index contributed by atoms with van der Waals surface area (Å²) < 4.78 is 0.841. The van der Waals surface area contributed by atoms with Crippen LogP contribution >= 0.6 is 15.9 Å². The number of halogens is 1. The van der Waals surface area contributed by atoms with Crippen molar-refractivity contribution >= 4 is 32.7 Å². The van der Waals surface area contributed by atoms with Gasteiger partial charge in [-0.05, 0) is 43.4 Å². The van der Waals surface area contributed by atoms with Crippen LogP contribution in [0.5, 0.6) is 0 Å². The number of carbonyl (C=O) groups is 1. The van der Waals surface area contributed by atoms with E-state index in [1.165, 1.54) is 19.3 Å². The lowest BCUT2D eigenvalue weighted by Gasteiger charge is -2.31. The average Bonchev–Trinajstić information content (AvgIpc) is 2.99. The number of hydrogen-bond donors (Lipinski definition) is 1. The average molecular weight is 375 g/mol. The van der Waals surface area contributed by atoms with E-state index in [-0.39, 0.29) is 16.9 Å². The van der Waals surface area contributed by atoms with Gasteiger partial charge in [0, 0.05) is 34.2 Å². The van der Waals surface area contributed by atoms with E-state index in [9.17, 15) is 9.59 Å². The molecule has 1 saturated carbocycles. The third kappa shape index (κ3) is 2.51. The number of likely N-dealkylation sites (tertiary alicyclic amines) is 1. The lowest BCUT2D eigenvalue weighted by atomic mass is 9.85. The van der Waals surface area contributed by atoms with Gasteiger partial charge in [-0.2, -0.15) is 0 Å². The van der Waals surface area contributed by atoms with Gasteiger partial charge in [-0.1, -0.05) is 28.8 Å². The minimum absolute atomic E-state index is 0.109. The second-order valence-corrected chi connectivity index (χ2v) is 7.54. The number of benzene rings is 1. The fourth-order valence-corrected chi connectivity index (χ4v) is 4.52. The Morgan fingerprint density at radius 3 is 2.91 bits per heavy atom. The Balaban J connectivity index is 1.72. The first kappa shape index (κ1) is 14.9. The number of aromatic nitrogens is 1. The van der Waals surface area contributed by atoms with E-state index in [4.69, 9.17) is 0 Å². The van der Waals surface area contributed by atoms with Crippen molar-refractivity contribution in [2.75, 3.05) is 6.54 Å². The van der Waals surface area contributed by atoms with Crippen molar-refractivity contribution in [3.63, 3.8) is 0 Å². The minimum atomic E-state index is -0.177. The molecule has 0 radical (unpaired) electrons. The summed E-state index contributed by atoms with van der Waals surface area (Å²) in [4.78, 5) is 30.7. The van der Waals surface area contributed by atoms with Crippen LogP contribution < -0.4 is 5.43 Å². The highest BCUT2D eigenvalue weighted by Crippen LogP contribution is 2.36. The zero-order valence-corrected chi connectivity index (χ0v) is 14.4. The molecule has 2 fully saturated rings. The maximum absolute atomic E-state index is 12.9. The summed E-state index contributed by atoms with van der Waals surface area (Å²) in [7, 11) is 0. The standard InChI is InChI=1S/C18H19BrN2O2/c19-12-5-6-15-13(9-12)17(22)14(10-20-15)18(23)21-8-7-11-3-1-2-4-16(11)21/h5-6,9-11,16H,1-4,7-8H2,(H,20,22)/t11-,16-/m0/s1. The van der Waals surface area contributed by atoms with Crippen molar-refractivity contribution in [3.8, 4) is 0 Å². The summed E-state index contributed by atoms with van der Waals surface area (Å²) in [5, 5.41) is 0.560. The summed E-state index contributed by atoms with van der Waals surface area (Å²) in [5.41, 5.74) is 0.845. The van der Waals surface area contributed by atoms with Crippen LogP contribution in [0.4, 0.5) is 0 Å². The molecule has 2 heterocycles. The lowest BCUT2D eigenvalue weighted by Crippen LogP contribution is -2.41. The number of fused-ring (bicyclic) bond motifs is 2. The smallest absolute Gasteiger partial charge is 0.259 e. The highest BCUT2D eigenvalue weighted by Gasteiger charge is 2.39. The molecule has 0 unspecified atom stereocenters. The van der Waals surface area contributed by atoms with Crippen LogP contribution in [0.1, 0.15) is 42.5 Å². The van der Waals surface area contributed by atoms with Crippen molar-refractivity contribution in [2.24, 2.45) is 5.92 Å². The van der Waals surface area contributed by atoms with Crippen molar-refractivity contribution in [1.82, 2.24) is 9.88 Å². The van der Waals surface area contributed by atoms with Gasteiger partial charge in [-0.15, -0.1) is 0 Å². The molecule has 1 aromatic carbocycles. The number of pyridine rings is 1. The number of nitrogens with zero attached hydrogens (tertiary/aromatic N) is 1. The predicted molar refractivity (Wildman–Crippen MR) is 93.7 cm³/mol. The van der Waals surface area contributed by atoms with Gasteiger partial charge in [0.25, 0.3) is 5.91 Å². The van der Waals surface area contributed by atoms with E-state index in [1.54, 1.807) is 12.3 Å². The van der Waals surface area contributed by atoms with Gasteiger partial charge in [0.2, 0.25) is 5.43 Å². The number of nitrogens with one attached hydrogen (secondary N) is 1. The molecule has 2 aliphatic rings. The van der Waals surface area contributed by atoms with E-state index in [1.807, 2.05) is 17.0 Å². The van der Waals surface area contributed by atoms with E-state index in [2.05, 4.69) is 20.9 Å².